The van der Waals surface area contributed by atoms with Gasteiger partial charge in [0.15, 0.2) is 0 Å². The Morgan fingerprint density at radius 2 is 1.10 bits per heavy atom. The second-order valence-corrected chi connectivity index (χ2v) is 7.99. The summed E-state index contributed by atoms with van der Waals surface area (Å²) in [6, 6.07) is 17.6. The summed E-state index contributed by atoms with van der Waals surface area (Å²) in [6.07, 6.45) is 1.01. The standard InChI is InChI=1S/C21H28/c1-20(2,3)18-13-10-14-19(21(4,5)6)17(18)15-16-11-8-7-9-12-16/h7-14H,15H2,1-6H3. The molecule has 0 saturated heterocycles. The van der Waals surface area contributed by atoms with Crippen LogP contribution in [0.2, 0.25) is 0 Å². The molecule has 0 heterocycles. The van der Waals surface area contributed by atoms with Gasteiger partial charge in [0.1, 0.15) is 0 Å². The van der Waals surface area contributed by atoms with Gasteiger partial charge < -0.3 is 0 Å². The van der Waals surface area contributed by atoms with E-state index >= 15 is 0 Å². The normalized spacial score (nSPS) is 12.5. The molecule has 0 heteroatoms. The second kappa shape index (κ2) is 5.67. The molecule has 0 unspecified atom stereocenters. The molecule has 112 valence electrons. The van der Waals surface area contributed by atoms with Crippen molar-refractivity contribution < 1.29 is 0 Å². The van der Waals surface area contributed by atoms with E-state index in [2.05, 4.69) is 90.1 Å². The highest BCUT2D eigenvalue weighted by Crippen LogP contribution is 2.35. The molecular weight excluding hydrogens is 252 g/mol. The number of hydrogen-bond donors (Lipinski definition) is 0. The minimum atomic E-state index is 0.172. The third-order valence-electron chi connectivity index (χ3n) is 4.02. The lowest BCUT2D eigenvalue weighted by Crippen LogP contribution is -2.21. The van der Waals surface area contributed by atoms with Crippen molar-refractivity contribution in [2.45, 2.75) is 58.8 Å². The molecule has 0 atom stereocenters. The van der Waals surface area contributed by atoms with Crippen LogP contribution >= 0.6 is 0 Å². The molecule has 0 spiro atoms. The fourth-order valence-electron chi connectivity index (χ4n) is 2.98. The van der Waals surface area contributed by atoms with Crippen molar-refractivity contribution >= 4 is 0 Å². The minimum absolute atomic E-state index is 0.172. The van der Waals surface area contributed by atoms with Crippen LogP contribution in [0.3, 0.4) is 0 Å². The lowest BCUT2D eigenvalue weighted by atomic mass is 9.75. The zero-order valence-corrected chi connectivity index (χ0v) is 14.3. The van der Waals surface area contributed by atoms with E-state index in [0.29, 0.717) is 0 Å². The molecule has 21 heavy (non-hydrogen) atoms. The fraction of sp³-hybridized carbons (Fsp3) is 0.429. The minimum Gasteiger partial charge on any atom is -0.0622 e. The smallest absolute Gasteiger partial charge is 0.00199 e. The Hall–Kier alpha value is -1.56. The van der Waals surface area contributed by atoms with Gasteiger partial charge in [0.2, 0.25) is 0 Å². The maximum absolute atomic E-state index is 2.31. The molecule has 0 N–H and O–H groups in total. The van der Waals surface area contributed by atoms with Crippen molar-refractivity contribution in [3.63, 3.8) is 0 Å². The Balaban J connectivity index is 2.59. The molecule has 0 aliphatic carbocycles. The molecule has 0 saturated carbocycles. The second-order valence-electron chi connectivity index (χ2n) is 7.99. The Morgan fingerprint density at radius 1 is 0.619 bits per heavy atom. The van der Waals surface area contributed by atoms with Crippen LogP contribution in [-0.2, 0) is 17.3 Å². The highest BCUT2D eigenvalue weighted by atomic mass is 14.3. The molecule has 0 aliphatic rings. The first-order chi connectivity index (χ1) is 9.69. The number of benzene rings is 2. The first kappa shape index (κ1) is 15.8. The summed E-state index contributed by atoms with van der Waals surface area (Å²) in [7, 11) is 0. The lowest BCUT2D eigenvalue weighted by Gasteiger charge is -2.30. The number of hydrogen-bond acceptors (Lipinski definition) is 0. The van der Waals surface area contributed by atoms with Gasteiger partial charge in [0, 0.05) is 0 Å². The lowest BCUT2D eigenvalue weighted by molar-refractivity contribution is 0.558. The monoisotopic (exact) mass is 280 g/mol. The van der Waals surface area contributed by atoms with E-state index in [9.17, 15) is 0 Å². The molecule has 2 rings (SSSR count). The summed E-state index contributed by atoms with van der Waals surface area (Å²) < 4.78 is 0. The van der Waals surface area contributed by atoms with Crippen LogP contribution in [0.1, 0.15) is 63.8 Å². The topological polar surface area (TPSA) is 0 Å². The molecule has 0 fully saturated rings. The third-order valence-corrected chi connectivity index (χ3v) is 4.02. The van der Waals surface area contributed by atoms with Crippen molar-refractivity contribution in [2.24, 2.45) is 0 Å². The van der Waals surface area contributed by atoms with E-state index in [0.717, 1.165) is 6.42 Å². The quantitative estimate of drug-likeness (QED) is 0.645. The molecule has 2 aromatic rings. The van der Waals surface area contributed by atoms with Gasteiger partial charge in [-0.15, -0.1) is 0 Å². The summed E-state index contributed by atoms with van der Waals surface area (Å²) in [5.41, 5.74) is 6.18. The molecule has 0 radical (unpaired) electrons. The number of rotatable bonds is 2. The molecule has 0 aliphatic heterocycles. The average Bonchev–Trinajstić information content (AvgIpc) is 2.37. The van der Waals surface area contributed by atoms with Gasteiger partial charge >= 0.3 is 0 Å². The van der Waals surface area contributed by atoms with Crippen LogP contribution in [0.5, 0.6) is 0 Å². The third kappa shape index (κ3) is 3.75. The fourth-order valence-corrected chi connectivity index (χ4v) is 2.98. The van der Waals surface area contributed by atoms with Crippen molar-refractivity contribution in [1.29, 1.82) is 0 Å². The van der Waals surface area contributed by atoms with Crippen molar-refractivity contribution in [1.82, 2.24) is 0 Å². The Morgan fingerprint density at radius 3 is 1.52 bits per heavy atom. The Labute approximate surface area is 130 Å². The van der Waals surface area contributed by atoms with E-state index < -0.39 is 0 Å². The molecule has 0 bridgehead atoms. The van der Waals surface area contributed by atoms with Crippen LogP contribution in [0.25, 0.3) is 0 Å². The van der Waals surface area contributed by atoms with Gasteiger partial charge in [-0.3, -0.25) is 0 Å². The Bertz CT molecular complexity index is 560. The predicted molar refractivity (Wildman–Crippen MR) is 93.1 cm³/mol. The molecular formula is C21H28. The van der Waals surface area contributed by atoms with E-state index in [1.807, 2.05) is 0 Å². The largest absolute Gasteiger partial charge is 0.0622 e. The summed E-state index contributed by atoms with van der Waals surface area (Å²) in [5, 5.41) is 0. The summed E-state index contributed by atoms with van der Waals surface area (Å²) in [4.78, 5) is 0. The summed E-state index contributed by atoms with van der Waals surface area (Å²) in [5.74, 6) is 0. The van der Waals surface area contributed by atoms with E-state index in [1.165, 1.54) is 22.3 Å². The van der Waals surface area contributed by atoms with E-state index in [1.54, 1.807) is 0 Å². The van der Waals surface area contributed by atoms with Crippen LogP contribution < -0.4 is 0 Å². The molecule has 2 aromatic carbocycles. The van der Waals surface area contributed by atoms with Crippen LogP contribution in [-0.4, -0.2) is 0 Å². The van der Waals surface area contributed by atoms with E-state index in [-0.39, 0.29) is 10.8 Å². The predicted octanol–water partition coefficient (Wildman–Crippen LogP) is 5.87. The van der Waals surface area contributed by atoms with Crippen LogP contribution in [0, 0.1) is 0 Å². The maximum Gasteiger partial charge on any atom is -0.00199 e. The average molecular weight is 280 g/mol. The zero-order chi connectivity index (χ0) is 15.7. The van der Waals surface area contributed by atoms with Gasteiger partial charge in [0.05, 0.1) is 0 Å². The first-order valence-electron chi connectivity index (χ1n) is 7.86. The van der Waals surface area contributed by atoms with Gasteiger partial charge in [0.25, 0.3) is 0 Å². The van der Waals surface area contributed by atoms with Crippen molar-refractivity contribution in [3.05, 3.63) is 70.8 Å². The van der Waals surface area contributed by atoms with Crippen molar-refractivity contribution in [2.75, 3.05) is 0 Å². The molecule has 0 aromatic heterocycles. The summed E-state index contributed by atoms with van der Waals surface area (Å²) in [6.45, 7) is 13.9. The van der Waals surface area contributed by atoms with Gasteiger partial charge in [-0.2, -0.15) is 0 Å². The maximum atomic E-state index is 2.31. The molecule has 0 nitrogen and oxygen atoms in total. The van der Waals surface area contributed by atoms with Crippen molar-refractivity contribution in [3.8, 4) is 0 Å². The van der Waals surface area contributed by atoms with Gasteiger partial charge in [-0.1, -0.05) is 90.1 Å². The first-order valence-corrected chi connectivity index (χ1v) is 7.86. The SMILES string of the molecule is CC(C)(C)c1cccc(C(C)(C)C)c1Cc1ccccc1. The molecule has 0 amide bonds. The zero-order valence-electron chi connectivity index (χ0n) is 14.3. The Kier molecular flexibility index (Phi) is 4.27. The van der Waals surface area contributed by atoms with E-state index in [4.69, 9.17) is 0 Å². The highest BCUT2D eigenvalue weighted by molar-refractivity contribution is 5.45. The van der Waals surface area contributed by atoms with Crippen LogP contribution in [0.4, 0.5) is 0 Å². The highest BCUT2D eigenvalue weighted by Gasteiger charge is 2.24. The van der Waals surface area contributed by atoms with Crippen LogP contribution in [0.15, 0.2) is 48.5 Å². The van der Waals surface area contributed by atoms with Gasteiger partial charge in [-0.25, -0.2) is 0 Å². The van der Waals surface area contributed by atoms with Gasteiger partial charge in [-0.05, 0) is 39.5 Å². The summed E-state index contributed by atoms with van der Waals surface area (Å²) >= 11 is 0.